The number of carbonyl (C=O) groups is 1. The van der Waals surface area contributed by atoms with Crippen molar-refractivity contribution < 1.29 is 18.7 Å². The van der Waals surface area contributed by atoms with E-state index in [1.165, 1.54) is 12.1 Å². The van der Waals surface area contributed by atoms with Crippen LogP contribution in [0.15, 0.2) is 42.5 Å². The van der Waals surface area contributed by atoms with Crippen molar-refractivity contribution in [1.82, 2.24) is 0 Å². The topological polar surface area (TPSA) is 37.3 Å². The van der Waals surface area contributed by atoms with Crippen LogP contribution in [0.5, 0.6) is 5.75 Å². The molecule has 2 rings (SSSR count). The fourth-order valence-electron chi connectivity index (χ4n) is 1.67. The second-order valence-electron chi connectivity index (χ2n) is 3.93. The summed E-state index contributed by atoms with van der Waals surface area (Å²) in [5.41, 5.74) is 0.570. The van der Waals surface area contributed by atoms with Crippen LogP contribution < -0.4 is 0 Å². The van der Waals surface area contributed by atoms with Crippen LogP contribution in [-0.4, -0.2) is 10.9 Å². The Hall–Kier alpha value is -2.23. The zero-order valence-electron chi connectivity index (χ0n) is 9.36. The van der Waals surface area contributed by atoms with Gasteiger partial charge in [-0.15, -0.1) is 0 Å². The van der Waals surface area contributed by atoms with Gasteiger partial charge in [0.1, 0.15) is 17.4 Å². The van der Waals surface area contributed by atoms with E-state index >= 15 is 0 Å². The summed E-state index contributed by atoms with van der Waals surface area (Å²) in [6.45, 7) is 0. The third-order valence-electron chi connectivity index (χ3n) is 2.46. The number of benzene rings is 2. The molecule has 0 aliphatic heterocycles. The summed E-state index contributed by atoms with van der Waals surface area (Å²) in [6.07, 6.45) is -0.0166. The minimum atomic E-state index is -0.783. The molecule has 0 saturated carbocycles. The summed E-state index contributed by atoms with van der Waals surface area (Å²) in [6, 6.07) is 8.88. The minimum Gasteiger partial charge on any atom is -0.508 e. The van der Waals surface area contributed by atoms with Gasteiger partial charge in [0.05, 0.1) is 0 Å². The van der Waals surface area contributed by atoms with Crippen LogP contribution in [-0.2, 0) is 6.42 Å². The van der Waals surface area contributed by atoms with Crippen LogP contribution in [0.25, 0.3) is 0 Å². The lowest BCUT2D eigenvalue weighted by molar-refractivity contribution is 0.0992. The van der Waals surface area contributed by atoms with E-state index in [1.54, 1.807) is 12.1 Å². The molecule has 4 heteroatoms. The van der Waals surface area contributed by atoms with E-state index in [4.69, 9.17) is 0 Å². The lowest BCUT2D eigenvalue weighted by Gasteiger charge is -2.03. The van der Waals surface area contributed by atoms with E-state index in [9.17, 15) is 18.7 Å². The molecule has 0 heterocycles. The number of hydrogen-bond acceptors (Lipinski definition) is 2. The van der Waals surface area contributed by atoms with Crippen molar-refractivity contribution in [3.63, 3.8) is 0 Å². The zero-order valence-corrected chi connectivity index (χ0v) is 9.36. The normalized spacial score (nSPS) is 10.3. The van der Waals surface area contributed by atoms with Gasteiger partial charge in [0.25, 0.3) is 0 Å². The third-order valence-corrected chi connectivity index (χ3v) is 2.46. The number of carbonyl (C=O) groups excluding carboxylic acids is 1. The summed E-state index contributed by atoms with van der Waals surface area (Å²) in [7, 11) is 0. The Bertz CT molecular complexity index is 574. The minimum absolute atomic E-state index is 0.0166. The van der Waals surface area contributed by atoms with Crippen molar-refractivity contribution in [3.05, 3.63) is 65.2 Å². The molecule has 0 aliphatic rings. The van der Waals surface area contributed by atoms with Crippen LogP contribution >= 0.6 is 0 Å². The summed E-state index contributed by atoms with van der Waals surface area (Å²) in [4.78, 5) is 11.8. The largest absolute Gasteiger partial charge is 0.508 e. The second-order valence-corrected chi connectivity index (χ2v) is 3.93. The third kappa shape index (κ3) is 2.91. The van der Waals surface area contributed by atoms with E-state index in [-0.39, 0.29) is 17.7 Å². The number of phenolic OH excluding ortho intramolecular Hbond substituents is 1. The molecule has 18 heavy (non-hydrogen) atoms. The Morgan fingerprint density at radius 2 is 1.72 bits per heavy atom. The highest BCUT2D eigenvalue weighted by molar-refractivity contribution is 5.97. The zero-order chi connectivity index (χ0) is 13.1. The summed E-state index contributed by atoms with van der Waals surface area (Å²) in [5.74, 6) is -1.92. The Balaban J connectivity index is 2.22. The van der Waals surface area contributed by atoms with Crippen LogP contribution in [0.4, 0.5) is 8.78 Å². The average molecular weight is 248 g/mol. The predicted molar refractivity (Wildman–Crippen MR) is 62.5 cm³/mol. The number of halogens is 2. The second kappa shape index (κ2) is 4.96. The van der Waals surface area contributed by atoms with Crippen LogP contribution in [0.2, 0.25) is 0 Å². The molecule has 2 aromatic carbocycles. The number of aromatic hydroxyl groups is 1. The van der Waals surface area contributed by atoms with E-state index in [0.717, 1.165) is 12.1 Å². The molecule has 0 saturated heterocycles. The van der Waals surface area contributed by atoms with Gasteiger partial charge in [-0.25, -0.2) is 8.78 Å². The molecule has 2 nitrogen and oxygen atoms in total. The smallest absolute Gasteiger partial charge is 0.167 e. The first-order chi connectivity index (χ1) is 8.54. The monoisotopic (exact) mass is 248 g/mol. The number of phenols is 1. The molecule has 0 bridgehead atoms. The Morgan fingerprint density at radius 3 is 2.33 bits per heavy atom. The number of Topliss-reactive ketones (excluding diaryl/α,β-unsaturated/α-hetero) is 1. The van der Waals surface area contributed by atoms with Gasteiger partial charge in [0.15, 0.2) is 5.78 Å². The predicted octanol–water partition coefficient (Wildman–Crippen LogP) is 3.10. The van der Waals surface area contributed by atoms with Crippen molar-refractivity contribution in [2.24, 2.45) is 0 Å². The first kappa shape index (κ1) is 12.2. The first-order valence-electron chi connectivity index (χ1n) is 5.32. The molecule has 0 aromatic heterocycles. The summed E-state index contributed by atoms with van der Waals surface area (Å²) < 4.78 is 25.9. The van der Waals surface area contributed by atoms with E-state index in [2.05, 4.69) is 0 Å². The van der Waals surface area contributed by atoms with E-state index < -0.39 is 17.4 Å². The van der Waals surface area contributed by atoms with Gasteiger partial charge in [-0.1, -0.05) is 12.1 Å². The van der Waals surface area contributed by atoms with Gasteiger partial charge in [-0.2, -0.15) is 0 Å². The Labute approximate surface area is 103 Å². The van der Waals surface area contributed by atoms with E-state index in [1.807, 2.05) is 0 Å². The molecule has 0 fully saturated rings. The van der Waals surface area contributed by atoms with Gasteiger partial charge in [-0.05, 0) is 29.8 Å². The maximum absolute atomic E-state index is 13.0. The number of rotatable bonds is 3. The quantitative estimate of drug-likeness (QED) is 0.847. The van der Waals surface area contributed by atoms with Crippen molar-refractivity contribution in [2.75, 3.05) is 0 Å². The molecule has 92 valence electrons. The molecular weight excluding hydrogens is 238 g/mol. The fraction of sp³-hybridized carbons (Fsp3) is 0.0714. The molecule has 2 aromatic rings. The van der Waals surface area contributed by atoms with E-state index in [0.29, 0.717) is 11.6 Å². The molecule has 0 radical (unpaired) electrons. The van der Waals surface area contributed by atoms with Gasteiger partial charge in [-0.3, -0.25) is 4.79 Å². The maximum atomic E-state index is 13.0. The molecule has 0 unspecified atom stereocenters. The van der Waals surface area contributed by atoms with Crippen molar-refractivity contribution in [3.8, 4) is 5.75 Å². The lowest BCUT2D eigenvalue weighted by atomic mass is 10.0. The average Bonchev–Trinajstić information content (AvgIpc) is 2.27. The van der Waals surface area contributed by atoms with Gasteiger partial charge in [0, 0.05) is 18.1 Å². The molecular formula is C14H10F2O2. The number of hydrogen-bond donors (Lipinski definition) is 1. The maximum Gasteiger partial charge on any atom is 0.167 e. The highest BCUT2D eigenvalue weighted by Gasteiger charge is 2.10. The Morgan fingerprint density at radius 1 is 1.06 bits per heavy atom. The van der Waals surface area contributed by atoms with Crippen LogP contribution in [0, 0.1) is 11.6 Å². The highest BCUT2D eigenvalue weighted by Crippen LogP contribution is 2.15. The Kier molecular flexibility index (Phi) is 3.37. The molecule has 0 atom stereocenters. The first-order valence-corrected chi connectivity index (χ1v) is 5.32. The van der Waals surface area contributed by atoms with Crippen molar-refractivity contribution in [1.29, 1.82) is 0 Å². The van der Waals surface area contributed by atoms with Crippen molar-refractivity contribution in [2.45, 2.75) is 6.42 Å². The van der Waals surface area contributed by atoms with Gasteiger partial charge < -0.3 is 5.11 Å². The molecule has 0 aliphatic carbocycles. The number of ketones is 1. The van der Waals surface area contributed by atoms with Crippen LogP contribution in [0.3, 0.4) is 0 Å². The molecule has 0 spiro atoms. The summed E-state index contributed by atoms with van der Waals surface area (Å²) in [5, 5.41) is 9.25. The standard InChI is InChI=1S/C14H10F2O2/c15-11-6-10(7-12(16)8-11)14(18)5-9-2-1-3-13(17)4-9/h1-4,6-8,17H,5H2. The fourth-order valence-corrected chi connectivity index (χ4v) is 1.67. The molecule has 0 amide bonds. The lowest BCUT2D eigenvalue weighted by Crippen LogP contribution is -2.04. The van der Waals surface area contributed by atoms with Crippen LogP contribution in [0.1, 0.15) is 15.9 Å². The molecule has 1 N–H and O–H groups in total. The SMILES string of the molecule is O=C(Cc1cccc(O)c1)c1cc(F)cc(F)c1. The van der Waals surface area contributed by atoms with Gasteiger partial charge in [0.2, 0.25) is 0 Å². The highest BCUT2D eigenvalue weighted by atomic mass is 19.1. The van der Waals surface area contributed by atoms with Gasteiger partial charge >= 0.3 is 0 Å². The summed E-state index contributed by atoms with van der Waals surface area (Å²) >= 11 is 0. The van der Waals surface area contributed by atoms with Crippen molar-refractivity contribution >= 4 is 5.78 Å².